The Morgan fingerprint density at radius 2 is 1.68 bits per heavy atom. The second kappa shape index (κ2) is 10.9. The van der Waals surface area contributed by atoms with Gasteiger partial charge in [-0.25, -0.2) is 0 Å². The lowest BCUT2D eigenvalue weighted by Crippen LogP contribution is -2.54. The van der Waals surface area contributed by atoms with Gasteiger partial charge in [-0.3, -0.25) is 29.9 Å². The van der Waals surface area contributed by atoms with E-state index in [4.69, 9.17) is 26.4 Å². The van der Waals surface area contributed by atoms with Crippen molar-refractivity contribution in [2.45, 2.75) is 6.61 Å². The first-order valence-electron chi connectivity index (χ1n) is 10.9. The van der Waals surface area contributed by atoms with E-state index >= 15 is 0 Å². The summed E-state index contributed by atoms with van der Waals surface area (Å²) in [6.07, 6.45) is 1.44. The Morgan fingerprint density at radius 3 is 2.30 bits per heavy atom. The highest BCUT2D eigenvalue weighted by atomic mass is 32.1. The number of nitrogens with one attached hydrogen (secondary N) is 1. The fourth-order valence-corrected chi connectivity index (χ4v) is 3.84. The maximum absolute atomic E-state index is 13.2. The lowest BCUT2D eigenvalue weighted by atomic mass is 10.1. The number of carbonyl (C=O) groups is 2. The average molecular weight is 520 g/mol. The van der Waals surface area contributed by atoms with Crippen LogP contribution in [0.25, 0.3) is 6.08 Å². The number of nitro benzene ring substituents is 1. The minimum Gasteiger partial charge on any atom is -0.497 e. The molecule has 1 N–H and O–H groups in total. The number of ether oxygens (including phenoxy) is 3. The van der Waals surface area contributed by atoms with E-state index in [0.717, 1.165) is 5.56 Å². The summed E-state index contributed by atoms with van der Waals surface area (Å²) in [5.74, 6) is 0.224. The molecule has 0 saturated carbocycles. The van der Waals surface area contributed by atoms with E-state index in [9.17, 15) is 19.7 Å². The van der Waals surface area contributed by atoms with Crippen LogP contribution >= 0.6 is 12.2 Å². The molecule has 4 rings (SSSR count). The van der Waals surface area contributed by atoms with Crippen LogP contribution in [0.1, 0.15) is 11.1 Å². The number of benzene rings is 3. The van der Waals surface area contributed by atoms with Gasteiger partial charge in [0.1, 0.15) is 17.9 Å². The molecule has 188 valence electrons. The molecule has 3 aromatic rings. The number of nitrogens with zero attached hydrogens (tertiary/aromatic N) is 2. The summed E-state index contributed by atoms with van der Waals surface area (Å²) in [4.78, 5) is 37.4. The molecule has 1 saturated heterocycles. The van der Waals surface area contributed by atoms with Crippen molar-refractivity contribution in [1.82, 2.24) is 5.32 Å². The van der Waals surface area contributed by atoms with Gasteiger partial charge in [0, 0.05) is 12.1 Å². The van der Waals surface area contributed by atoms with Gasteiger partial charge in [0.2, 0.25) is 0 Å². The van der Waals surface area contributed by atoms with Crippen LogP contribution in [-0.4, -0.2) is 36.1 Å². The Labute approximate surface area is 217 Å². The van der Waals surface area contributed by atoms with E-state index in [0.29, 0.717) is 28.5 Å². The number of carbonyl (C=O) groups excluding carboxylic acids is 2. The third kappa shape index (κ3) is 5.57. The molecule has 0 aromatic heterocycles. The first kappa shape index (κ1) is 25.3. The van der Waals surface area contributed by atoms with Crippen molar-refractivity contribution < 1.29 is 28.7 Å². The number of nitro groups is 1. The number of methoxy groups -OCH3 is 2. The molecule has 11 heteroatoms. The van der Waals surface area contributed by atoms with Gasteiger partial charge in [-0.05, 0) is 78.0 Å². The molecule has 37 heavy (non-hydrogen) atoms. The molecule has 3 aromatic carbocycles. The van der Waals surface area contributed by atoms with Crippen LogP contribution in [0.4, 0.5) is 11.4 Å². The van der Waals surface area contributed by atoms with E-state index in [1.165, 1.54) is 37.3 Å². The predicted octanol–water partition coefficient (Wildman–Crippen LogP) is 4.02. The standard InChI is InChI=1S/C26H21N3O7S/c1-34-20-10-8-18(9-11-20)28-25(31)21(24(30)27-26(28)37)13-17-5-12-22(23(14-17)35-2)36-15-16-3-6-19(7-4-16)29(32)33/h3-14H,15H2,1-2H3,(H,27,30,37)/b21-13+. The number of anilines is 1. The van der Waals surface area contributed by atoms with Crippen LogP contribution < -0.4 is 24.4 Å². The molecule has 1 aliphatic heterocycles. The Morgan fingerprint density at radius 1 is 0.973 bits per heavy atom. The third-order valence-corrected chi connectivity index (χ3v) is 5.76. The monoisotopic (exact) mass is 519 g/mol. The van der Waals surface area contributed by atoms with Gasteiger partial charge >= 0.3 is 0 Å². The zero-order valence-electron chi connectivity index (χ0n) is 19.8. The number of amides is 2. The summed E-state index contributed by atoms with van der Waals surface area (Å²) < 4.78 is 16.4. The Bertz CT molecular complexity index is 1400. The third-order valence-electron chi connectivity index (χ3n) is 5.47. The number of thiocarbonyl (C=S) groups is 1. The zero-order chi connectivity index (χ0) is 26.5. The molecule has 0 unspecified atom stereocenters. The molecule has 0 aliphatic carbocycles. The van der Waals surface area contributed by atoms with Crippen LogP contribution in [0.15, 0.2) is 72.3 Å². The molecule has 0 radical (unpaired) electrons. The second-order valence-corrected chi connectivity index (χ2v) is 8.17. The summed E-state index contributed by atoms with van der Waals surface area (Å²) in [7, 11) is 3.00. The quantitative estimate of drug-likeness (QED) is 0.156. The van der Waals surface area contributed by atoms with Crippen molar-refractivity contribution in [1.29, 1.82) is 0 Å². The molecule has 1 aliphatic rings. The van der Waals surface area contributed by atoms with Gasteiger partial charge in [-0.15, -0.1) is 0 Å². The summed E-state index contributed by atoms with van der Waals surface area (Å²) in [6.45, 7) is 0.157. The molecule has 2 amide bonds. The van der Waals surface area contributed by atoms with Crippen molar-refractivity contribution in [2.24, 2.45) is 0 Å². The zero-order valence-corrected chi connectivity index (χ0v) is 20.6. The van der Waals surface area contributed by atoms with E-state index in [1.54, 1.807) is 54.6 Å². The second-order valence-electron chi connectivity index (χ2n) is 7.78. The van der Waals surface area contributed by atoms with Crippen LogP contribution in [0.5, 0.6) is 17.2 Å². The summed E-state index contributed by atoms with van der Waals surface area (Å²) in [5.41, 5.74) is 1.63. The van der Waals surface area contributed by atoms with Crippen LogP contribution in [0.2, 0.25) is 0 Å². The van der Waals surface area contributed by atoms with Gasteiger partial charge in [-0.1, -0.05) is 6.07 Å². The largest absolute Gasteiger partial charge is 0.497 e. The van der Waals surface area contributed by atoms with E-state index in [-0.39, 0.29) is 23.0 Å². The van der Waals surface area contributed by atoms with Crippen molar-refractivity contribution in [2.75, 3.05) is 19.1 Å². The molecule has 0 bridgehead atoms. The highest BCUT2D eigenvalue weighted by Gasteiger charge is 2.34. The summed E-state index contributed by atoms with van der Waals surface area (Å²) in [5, 5.41) is 13.3. The van der Waals surface area contributed by atoms with Gasteiger partial charge in [0.25, 0.3) is 17.5 Å². The highest BCUT2D eigenvalue weighted by Crippen LogP contribution is 2.31. The van der Waals surface area contributed by atoms with Gasteiger partial charge in [-0.2, -0.15) is 0 Å². The molecule has 10 nitrogen and oxygen atoms in total. The molecule has 0 atom stereocenters. The van der Waals surface area contributed by atoms with Crippen LogP contribution in [0.3, 0.4) is 0 Å². The van der Waals surface area contributed by atoms with Crippen molar-refractivity contribution in [3.05, 3.63) is 93.5 Å². The molecule has 1 fully saturated rings. The first-order chi connectivity index (χ1) is 17.8. The molecule has 0 spiro atoms. The van der Waals surface area contributed by atoms with Gasteiger partial charge in [0.15, 0.2) is 16.6 Å². The van der Waals surface area contributed by atoms with E-state index in [2.05, 4.69) is 5.32 Å². The lowest BCUT2D eigenvalue weighted by Gasteiger charge is -2.29. The molecular formula is C26H21N3O7S. The van der Waals surface area contributed by atoms with Crippen molar-refractivity contribution >= 4 is 46.6 Å². The van der Waals surface area contributed by atoms with Crippen molar-refractivity contribution in [3.8, 4) is 17.2 Å². The Kier molecular flexibility index (Phi) is 7.44. The first-order valence-corrected chi connectivity index (χ1v) is 11.3. The number of hydrogen-bond acceptors (Lipinski definition) is 8. The topological polar surface area (TPSA) is 120 Å². The number of non-ortho nitro benzene ring substituents is 1. The van der Waals surface area contributed by atoms with Crippen LogP contribution in [-0.2, 0) is 16.2 Å². The van der Waals surface area contributed by atoms with Gasteiger partial charge < -0.3 is 14.2 Å². The smallest absolute Gasteiger partial charge is 0.270 e. The maximum Gasteiger partial charge on any atom is 0.270 e. The van der Waals surface area contributed by atoms with Crippen molar-refractivity contribution in [3.63, 3.8) is 0 Å². The minimum absolute atomic E-state index is 0.00802. The van der Waals surface area contributed by atoms with Gasteiger partial charge in [0.05, 0.1) is 24.8 Å². The normalized spacial score (nSPS) is 14.4. The number of rotatable bonds is 8. The summed E-state index contributed by atoms with van der Waals surface area (Å²) in [6, 6.07) is 17.7. The number of hydrogen-bond donors (Lipinski definition) is 1. The Balaban J connectivity index is 1.55. The minimum atomic E-state index is -0.614. The Hall–Kier alpha value is -4.77. The predicted molar refractivity (Wildman–Crippen MR) is 140 cm³/mol. The average Bonchev–Trinajstić information content (AvgIpc) is 2.90. The van der Waals surface area contributed by atoms with E-state index in [1.807, 2.05) is 0 Å². The molecule has 1 heterocycles. The fourth-order valence-electron chi connectivity index (χ4n) is 3.56. The summed E-state index contributed by atoms with van der Waals surface area (Å²) >= 11 is 5.23. The maximum atomic E-state index is 13.2. The lowest BCUT2D eigenvalue weighted by molar-refractivity contribution is -0.384. The van der Waals surface area contributed by atoms with Crippen LogP contribution in [0, 0.1) is 10.1 Å². The SMILES string of the molecule is COc1ccc(N2C(=O)/C(=C/c3ccc(OCc4ccc([N+](=O)[O-])cc4)c(OC)c3)C(=O)NC2=S)cc1. The highest BCUT2D eigenvalue weighted by molar-refractivity contribution is 7.80. The fraction of sp³-hybridized carbons (Fsp3) is 0.115. The molecular weight excluding hydrogens is 498 g/mol. The van der Waals surface area contributed by atoms with E-state index < -0.39 is 16.7 Å².